The number of hydrogen-bond donors (Lipinski definition) is 3. The van der Waals surface area contributed by atoms with E-state index in [0.29, 0.717) is 18.2 Å². The molecule has 3 rings (SSSR count). The second-order valence-corrected chi connectivity index (χ2v) is 7.15. The molecule has 0 amide bonds. The van der Waals surface area contributed by atoms with Crippen LogP contribution in [-0.2, 0) is 6.42 Å². The van der Waals surface area contributed by atoms with Gasteiger partial charge in [0.2, 0.25) is 5.88 Å². The molecule has 0 saturated heterocycles. The van der Waals surface area contributed by atoms with E-state index < -0.39 is 0 Å². The molecule has 0 fully saturated rings. The fourth-order valence-electron chi connectivity index (χ4n) is 2.61. The van der Waals surface area contributed by atoms with Crippen LogP contribution in [-0.4, -0.2) is 29.9 Å². The highest BCUT2D eigenvalue weighted by molar-refractivity contribution is 7.80. The molecule has 0 aliphatic heterocycles. The van der Waals surface area contributed by atoms with Gasteiger partial charge in [0.05, 0.1) is 12.3 Å². The molecule has 0 aliphatic rings. The van der Waals surface area contributed by atoms with E-state index in [1.807, 2.05) is 12.1 Å². The van der Waals surface area contributed by atoms with Crippen molar-refractivity contribution in [3.8, 4) is 5.88 Å². The van der Waals surface area contributed by atoms with Crippen molar-refractivity contribution in [1.29, 1.82) is 0 Å². The zero-order chi connectivity index (χ0) is 17.5. The summed E-state index contributed by atoms with van der Waals surface area (Å²) >= 11 is 5.99. The van der Waals surface area contributed by atoms with Gasteiger partial charge in [-0.25, -0.2) is 4.98 Å². The summed E-state index contributed by atoms with van der Waals surface area (Å²) in [5.74, 6) is 1.33. The van der Waals surface area contributed by atoms with Gasteiger partial charge in [-0.05, 0) is 40.9 Å². The standard InChI is InChI=1S/C19H23N3OS2/c20-15(12-24)7-10-21-17-5-3-9-22-19(17)23-11-8-14-13-25-18-6-2-1-4-16(14)18/h1-6,9,13,15,21,24H,7-8,10-12,20H2. The van der Waals surface area contributed by atoms with Crippen LogP contribution >= 0.6 is 24.0 Å². The van der Waals surface area contributed by atoms with Gasteiger partial charge in [0.1, 0.15) is 0 Å². The molecule has 1 unspecified atom stereocenters. The lowest BCUT2D eigenvalue weighted by molar-refractivity contribution is 0.311. The Morgan fingerprint density at radius 3 is 3.00 bits per heavy atom. The molecule has 0 aliphatic carbocycles. The van der Waals surface area contributed by atoms with Gasteiger partial charge >= 0.3 is 0 Å². The lowest BCUT2D eigenvalue weighted by atomic mass is 10.1. The molecule has 0 saturated carbocycles. The third-order valence-corrected chi connectivity index (χ3v) is 5.49. The third kappa shape index (κ3) is 4.87. The number of fused-ring (bicyclic) bond motifs is 1. The Bertz CT molecular complexity index is 806. The number of thiophene rings is 1. The van der Waals surface area contributed by atoms with Gasteiger partial charge in [0.25, 0.3) is 0 Å². The van der Waals surface area contributed by atoms with E-state index in [0.717, 1.165) is 25.1 Å². The summed E-state index contributed by atoms with van der Waals surface area (Å²) in [5, 5.41) is 6.88. The monoisotopic (exact) mass is 373 g/mol. The second-order valence-electron chi connectivity index (χ2n) is 5.87. The Balaban J connectivity index is 1.56. The van der Waals surface area contributed by atoms with Gasteiger partial charge in [0, 0.05) is 35.7 Å². The van der Waals surface area contributed by atoms with Crippen molar-refractivity contribution < 1.29 is 4.74 Å². The number of anilines is 1. The average molecular weight is 374 g/mol. The fraction of sp³-hybridized carbons (Fsp3) is 0.316. The third-order valence-electron chi connectivity index (χ3n) is 4.01. The number of aromatic nitrogens is 1. The van der Waals surface area contributed by atoms with E-state index in [-0.39, 0.29) is 6.04 Å². The van der Waals surface area contributed by atoms with Gasteiger partial charge in [-0.2, -0.15) is 12.6 Å². The number of hydrogen-bond acceptors (Lipinski definition) is 6. The molecule has 0 spiro atoms. The maximum Gasteiger partial charge on any atom is 0.237 e. The normalized spacial score (nSPS) is 12.2. The van der Waals surface area contributed by atoms with Crippen LogP contribution < -0.4 is 15.8 Å². The minimum absolute atomic E-state index is 0.101. The van der Waals surface area contributed by atoms with E-state index in [9.17, 15) is 0 Å². The van der Waals surface area contributed by atoms with Crippen LogP contribution in [0.5, 0.6) is 5.88 Å². The molecule has 6 heteroatoms. The van der Waals surface area contributed by atoms with Crippen LogP contribution in [0.15, 0.2) is 48.0 Å². The molecule has 132 valence electrons. The predicted octanol–water partition coefficient (Wildman–Crippen LogP) is 3.98. The molecule has 1 aromatic carbocycles. The highest BCUT2D eigenvalue weighted by Gasteiger charge is 2.07. The molecular formula is C19H23N3OS2. The maximum absolute atomic E-state index is 5.93. The van der Waals surface area contributed by atoms with Crippen molar-refractivity contribution in [3.63, 3.8) is 0 Å². The van der Waals surface area contributed by atoms with Crippen LogP contribution in [0.4, 0.5) is 5.69 Å². The van der Waals surface area contributed by atoms with Crippen molar-refractivity contribution in [2.75, 3.05) is 24.2 Å². The zero-order valence-electron chi connectivity index (χ0n) is 14.0. The first kappa shape index (κ1) is 18.0. The van der Waals surface area contributed by atoms with E-state index >= 15 is 0 Å². The molecule has 2 heterocycles. The number of nitrogens with one attached hydrogen (secondary N) is 1. The summed E-state index contributed by atoms with van der Waals surface area (Å²) in [6.45, 7) is 1.38. The summed E-state index contributed by atoms with van der Waals surface area (Å²) in [4.78, 5) is 4.35. The SMILES string of the molecule is NC(CS)CCNc1cccnc1OCCc1csc2ccccc12. The van der Waals surface area contributed by atoms with Crippen molar-refractivity contribution >= 4 is 39.7 Å². The van der Waals surface area contributed by atoms with E-state index in [2.05, 4.69) is 52.6 Å². The van der Waals surface area contributed by atoms with Crippen LogP contribution in [0.25, 0.3) is 10.1 Å². The summed E-state index contributed by atoms with van der Waals surface area (Å²) in [5.41, 5.74) is 8.12. The molecule has 4 nitrogen and oxygen atoms in total. The summed E-state index contributed by atoms with van der Waals surface area (Å²) in [6, 6.07) is 12.5. The van der Waals surface area contributed by atoms with Gasteiger partial charge in [-0.15, -0.1) is 11.3 Å². The topological polar surface area (TPSA) is 60.2 Å². The average Bonchev–Trinajstić information content (AvgIpc) is 3.06. The van der Waals surface area contributed by atoms with E-state index in [4.69, 9.17) is 10.5 Å². The van der Waals surface area contributed by atoms with Gasteiger partial charge in [-0.3, -0.25) is 0 Å². The first-order valence-corrected chi connectivity index (χ1v) is 9.92. The number of nitrogens with two attached hydrogens (primary N) is 1. The zero-order valence-corrected chi connectivity index (χ0v) is 15.7. The molecule has 0 radical (unpaired) electrons. The summed E-state index contributed by atoms with van der Waals surface area (Å²) < 4.78 is 7.25. The van der Waals surface area contributed by atoms with Crippen molar-refractivity contribution in [1.82, 2.24) is 4.98 Å². The lowest BCUT2D eigenvalue weighted by Crippen LogP contribution is -2.25. The molecule has 0 bridgehead atoms. The summed E-state index contributed by atoms with van der Waals surface area (Å²) in [7, 11) is 0. The lowest BCUT2D eigenvalue weighted by Gasteiger charge is -2.13. The molecule has 3 aromatic rings. The van der Waals surface area contributed by atoms with Crippen LogP contribution in [0.2, 0.25) is 0 Å². The Morgan fingerprint density at radius 2 is 2.12 bits per heavy atom. The van der Waals surface area contributed by atoms with Gasteiger partial charge in [-0.1, -0.05) is 18.2 Å². The Labute approximate surface area is 157 Å². The first-order chi connectivity index (χ1) is 12.3. The van der Waals surface area contributed by atoms with E-state index in [1.165, 1.54) is 15.6 Å². The van der Waals surface area contributed by atoms with Crippen LogP contribution in [0.3, 0.4) is 0 Å². The van der Waals surface area contributed by atoms with Gasteiger partial charge in [0.15, 0.2) is 0 Å². The second kappa shape index (κ2) is 9.08. The predicted molar refractivity (Wildman–Crippen MR) is 110 cm³/mol. The number of benzene rings is 1. The number of ether oxygens (including phenoxy) is 1. The Kier molecular flexibility index (Phi) is 6.55. The van der Waals surface area contributed by atoms with Crippen molar-refractivity contribution in [3.05, 3.63) is 53.5 Å². The highest BCUT2D eigenvalue weighted by Crippen LogP contribution is 2.26. The Hall–Kier alpha value is -1.76. The highest BCUT2D eigenvalue weighted by atomic mass is 32.1. The molecule has 3 N–H and O–H groups in total. The smallest absolute Gasteiger partial charge is 0.237 e. The Morgan fingerprint density at radius 1 is 1.24 bits per heavy atom. The quantitative estimate of drug-likeness (QED) is 0.497. The number of rotatable bonds is 9. The number of pyridine rings is 1. The van der Waals surface area contributed by atoms with Crippen LogP contribution in [0, 0.1) is 0 Å². The minimum atomic E-state index is 0.101. The largest absolute Gasteiger partial charge is 0.476 e. The fourth-order valence-corrected chi connectivity index (χ4v) is 3.79. The molecule has 2 aromatic heterocycles. The van der Waals surface area contributed by atoms with Crippen molar-refractivity contribution in [2.24, 2.45) is 5.73 Å². The van der Waals surface area contributed by atoms with Crippen LogP contribution in [0.1, 0.15) is 12.0 Å². The molecule has 25 heavy (non-hydrogen) atoms. The maximum atomic E-state index is 5.93. The van der Waals surface area contributed by atoms with Crippen molar-refractivity contribution in [2.45, 2.75) is 18.9 Å². The summed E-state index contributed by atoms with van der Waals surface area (Å²) in [6.07, 6.45) is 3.48. The van der Waals surface area contributed by atoms with E-state index in [1.54, 1.807) is 17.5 Å². The number of nitrogens with zero attached hydrogens (tertiary/aromatic N) is 1. The first-order valence-electron chi connectivity index (χ1n) is 8.41. The molecular weight excluding hydrogens is 350 g/mol. The van der Waals surface area contributed by atoms with Gasteiger partial charge < -0.3 is 15.8 Å². The number of thiol groups is 1. The minimum Gasteiger partial charge on any atom is -0.476 e. The molecule has 1 atom stereocenters.